The number of carbonyl (C=O) groups is 1. The lowest BCUT2D eigenvalue weighted by Gasteiger charge is -2.15. The summed E-state index contributed by atoms with van der Waals surface area (Å²) in [5.74, 6) is -0.00308. The Morgan fingerprint density at radius 3 is 2.67 bits per heavy atom. The molecule has 1 aliphatic carbocycles. The van der Waals surface area contributed by atoms with Gasteiger partial charge in [0.15, 0.2) is 9.84 Å². The number of hydrogen-bond donors (Lipinski definition) is 0. The average Bonchev–Trinajstić information content (AvgIpc) is 3.22. The number of hydrogen-bond acceptors (Lipinski definition) is 5. The molecule has 1 saturated carbocycles. The van der Waals surface area contributed by atoms with Crippen molar-refractivity contribution in [2.45, 2.75) is 55.6 Å². The monoisotopic (exact) mass is 363 g/mol. The third-order valence-electron chi connectivity index (χ3n) is 4.49. The van der Waals surface area contributed by atoms with Gasteiger partial charge in [-0.05, 0) is 37.0 Å². The van der Waals surface area contributed by atoms with E-state index < -0.39 is 9.84 Å². The van der Waals surface area contributed by atoms with E-state index in [-0.39, 0.29) is 23.9 Å². The van der Waals surface area contributed by atoms with Crippen molar-refractivity contribution in [2.75, 3.05) is 0 Å². The van der Waals surface area contributed by atoms with Crippen LogP contribution < -0.4 is 0 Å². The molecule has 1 fully saturated rings. The van der Waals surface area contributed by atoms with Gasteiger partial charge in [-0.25, -0.2) is 13.4 Å². The number of aryl methyl sites for hydroxylation is 1. The van der Waals surface area contributed by atoms with Crippen molar-refractivity contribution in [1.29, 1.82) is 0 Å². The van der Waals surface area contributed by atoms with Gasteiger partial charge in [-0.1, -0.05) is 25.0 Å². The maximum atomic E-state index is 13.0. The van der Waals surface area contributed by atoms with Crippen LogP contribution in [-0.4, -0.2) is 24.4 Å². The van der Waals surface area contributed by atoms with Crippen molar-refractivity contribution in [3.05, 3.63) is 45.9 Å². The molecule has 0 N–H and O–H groups in total. The first-order chi connectivity index (χ1) is 11.5. The first-order valence-electron chi connectivity index (χ1n) is 8.20. The van der Waals surface area contributed by atoms with Gasteiger partial charge in [-0.15, -0.1) is 11.3 Å². The molecule has 0 amide bonds. The third-order valence-corrected chi connectivity index (χ3v) is 7.61. The van der Waals surface area contributed by atoms with Crippen molar-refractivity contribution in [1.82, 2.24) is 4.98 Å². The zero-order chi connectivity index (χ0) is 17.2. The van der Waals surface area contributed by atoms with Crippen molar-refractivity contribution >= 4 is 27.0 Å². The van der Waals surface area contributed by atoms with Crippen LogP contribution in [0, 0.1) is 6.92 Å². The summed E-state index contributed by atoms with van der Waals surface area (Å²) in [5, 5.41) is 2.31. The molecule has 0 saturated heterocycles. The number of benzene rings is 1. The van der Waals surface area contributed by atoms with E-state index in [1.165, 1.54) is 11.3 Å². The molecule has 2 aromatic rings. The first kappa shape index (κ1) is 17.3. The molecule has 1 aliphatic rings. The summed E-state index contributed by atoms with van der Waals surface area (Å²) in [6, 6.07) is 5.39. The number of thiazole rings is 1. The molecule has 0 atom stereocenters. The number of Topliss-reactive ketones (excluding diaryl/α,β-unsaturated/α-hetero) is 1. The Hall–Kier alpha value is -1.53. The van der Waals surface area contributed by atoms with Crippen LogP contribution in [0.2, 0.25) is 0 Å². The second-order valence-electron chi connectivity index (χ2n) is 6.38. The second kappa shape index (κ2) is 7.15. The molecule has 0 radical (unpaired) electrons. The number of rotatable bonds is 6. The van der Waals surface area contributed by atoms with Gasteiger partial charge in [-0.3, -0.25) is 4.79 Å². The third kappa shape index (κ3) is 3.75. The van der Waals surface area contributed by atoms with Gasteiger partial charge >= 0.3 is 0 Å². The molecule has 1 aromatic carbocycles. The minimum atomic E-state index is -3.36. The normalized spacial score (nSPS) is 15.7. The van der Waals surface area contributed by atoms with Gasteiger partial charge in [0, 0.05) is 18.0 Å². The highest BCUT2D eigenvalue weighted by molar-refractivity contribution is 7.92. The molecule has 1 heterocycles. The van der Waals surface area contributed by atoms with E-state index in [0.717, 1.165) is 36.3 Å². The van der Waals surface area contributed by atoms with E-state index >= 15 is 0 Å². The summed E-state index contributed by atoms with van der Waals surface area (Å²) in [6.07, 6.45) is 5.46. The Morgan fingerprint density at radius 2 is 2.00 bits per heavy atom. The minimum Gasteiger partial charge on any atom is -0.299 e. The Morgan fingerprint density at radius 1 is 1.25 bits per heavy atom. The quantitative estimate of drug-likeness (QED) is 0.788. The number of carbonyl (C=O) groups excluding carboxylic acids is 1. The van der Waals surface area contributed by atoms with E-state index in [1.807, 2.05) is 18.4 Å². The maximum Gasteiger partial charge on any atom is 0.181 e. The topological polar surface area (TPSA) is 64.1 Å². The van der Waals surface area contributed by atoms with Gasteiger partial charge in [0.05, 0.1) is 21.6 Å². The van der Waals surface area contributed by atoms with Crippen LogP contribution in [0.4, 0.5) is 0 Å². The Labute approximate surface area is 146 Å². The van der Waals surface area contributed by atoms with Crippen LogP contribution in [0.3, 0.4) is 0 Å². The van der Waals surface area contributed by atoms with Crippen LogP contribution in [0.5, 0.6) is 0 Å². The van der Waals surface area contributed by atoms with Crippen LogP contribution in [-0.2, 0) is 27.5 Å². The summed E-state index contributed by atoms with van der Waals surface area (Å²) in [7, 11) is -3.36. The molecule has 1 aromatic heterocycles. The predicted octanol–water partition coefficient (Wildman–Crippen LogP) is 3.52. The number of aromatic nitrogens is 1. The highest BCUT2D eigenvalue weighted by atomic mass is 32.2. The van der Waals surface area contributed by atoms with Crippen LogP contribution in [0.1, 0.15) is 41.8 Å². The number of nitrogens with zero attached hydrogens (tertiary/aromatic N) is 1. The summed E-state index contributed by atoms with van der Waals surface area (Å²) < 4.78 is 26.0. The molecule has 4 nitrogen and oxygen atoms in total. The van der Waals surface area contributed by atoms with E-state index in [0.29, 0.717) is 10.5 Å². The van der Waals surface area contributed by atoms with Gasteiger partial charge in [-0.2, -0.15) is 0 Å². The summed E-state index contributed by atoms with van der Waals surface area (Å²) in [5.41, 5.74) is 1.52. The zero-order valence-corrected chi connectivity index (χ0v) is 15.3. The molecule has 0 bridgehead atoms. The highest BCUT2D eigenvalue weighted by Crippen LogP contribution is 2.32. The van der Waals surface area contributed by atoms with E-state index in [9.17, 15) is 13.2 Å². The Bertz CT molecular complexity index is 820. The maximum absolute atomic E-state index is 13.0. The molecule has 0 unspecified atom stereocenters. The van der Waals surface area contributed by atoms with Crippen LogP contribution in [0.15, 0.2) is 34.7 Å². The average molecular weight is 364 g/mol. The summed E-state index contributed by atoms with van der Waals surface area (Å²) in [6.45, 7) is 1.88. The van der Waals surface area contributed by atoms with E-state index in [1.54, 1.807) is 18.3 Å². The lowest BCUT2D eigenvalue weighted by atomic mass is 10.1. The van der Waals surface area contributed by atoms with Crippen molar-refractivity contribution in [3.63, 3.8) is 0 Å². The largest absolute Gasteiger partial charge is 0.299 e. The summed E-state index contributed by atoms with van der Waals surface area (Å²) >= 11 is 1.44. The number of sulfone groups is 1. The van der Waals surface area contributed by atoms with Gasteiger partial charge in [0.1, 0.15) is 5.78 Å². The fourth-order valence-electron chi connectivity index (χ4n) is 3.23. The van der Waals surface area contributed by atoms with Gasteiger partial charge in [0.25, 0.3) is 0 Å². The highest BCUT2D eigenvalue weighted by Gasteiger charge is 2.32. The van der Waals surface area contributed by atoms with Crippen molar-refractivity contribution < 1.29 is 13.2 Å². The second-order valence-corrected chi connectivity index (χ2v) is 9.56. The zero-order valence-electron chi connectivity index (χ0n) is 13.7. The molecule has 0 spiro atoms. The van der Waals surface area contributed by atoms with Crippen molar-refractivity contribution in [3.8, 4) is 0 Å². The lowest BCUT2D eigenvalue weighted by molar-refractivity contribution is -0.117. The lowest BCUT2D eigenvalue weighted by Crippen LogP contribution is -2.20. The smallest absolute Gasteiger partial charge is 0.181 e. The first-order valence-corrected chi connectivity index (χ1v) is 10.6. The Kier molecular flexibility index (Phi) is 5.15. The molecule has 0 aliphatic heterocycles. The Balaban J connectivity index is 1.87. The minimum absolute atomic E-state index is 0.00308. The molecule has 6 heteroatoms. The summed E-state index contributed by atoms with van der Waals surface area (Å²) in [4.78, 5) is 16.8. The molecular weight excluding hydrogens is 342 g/mol. The van der Waals surface area contributed by atoms with E-state index in [2.05, 4.69) is 4.98 Å². The standard InChI is InChI=1S/C18H21NO3S2/c1-13-6-7-14(11-15(20)12-18-19-8-9-23-18)17(10-13)24(21,22)16-4-2-3-5-16/h6-10,16H,2-5,11-12H2,1H3. The molecule has 24 heavy (non-hydrogen) atoms. The fourth-order valence-corrected chi connectivity index (χ4v) is 6.05. The molecular formula is C18H21NO3S2. The predicted molar refractivity (Wildman–Crippen MR) is 95.1 cm³/mol. The van der Waals surface area contributed by atoms with Gasteiger partial charge in [0.2, 0.25) is 0 Å². The number of ketones is 1. The van der Waals surface area contributed by atoms with Crippen molar-refractivity contribution in [2.24, 2.45) is 0 Å². The fraction of sp³-hybridized carbons (Fsp3) is 0.444. The van der Waals surface area contributed by atoms with Gasteiger partial charge < -0.3 is 0 Å². The molecule has 128 valence electrons. The SMILES string of the molecule is Cc1ccc(CC(=O)Cc2nccs2)c(S(=O)(=O)C2CCCC2)c1. The van der Waals surface area contributed by atoms with Crippen LogP contribution in [0.25, 0.3) is 0 Å². The van der Waals surface area contributed by atoms with E-state index in [4.69, 9.17) is 0 Å². The van der Waals surface area contributed by atoms with Crippen LogP contribution >= 0.6 is 11.3 Å². The molecule has 3 rings (SSSR count).